The van der Waals surface area contributed by atoms with Crippen LogP contribution in [-0.4, -0.2) is 28.7 Å². The number of carbonyl (C=O) groups excluding carboxylic acids is 2. The summed E-state index contributed by atoms with van der Waals surface area (Å²) < 4.78 is 0. The van der Waals surface area contributed by atoms with E-state index < -0.39 is 27.1 Å². The van der Waals surface area contributed by atoms with Crippen LogP contribution in [-0.2, 0) is 11.2 Å². The number of nitro benzene ring substituents is 2. The van der Waals surface area contributed by atoms with Crippen LogP contribution in [0.2, 0.25) is 0 Å². The summed E-state index contributed by atoms with van der Waals surface area (Å²) in [7, 11) is 1.52. The average molecular weight is 358 g/mol. The molecule has 0 saturated heterocycles. The van der Waals surface area contributed by atoms with E-state index in [9.17, 15) is 29.8 Å². The van der Waals surface area contributed by atoms with Crippen LogP contribution < -0.4 is 10.6 Å². The molecule has 26 heavy (non-hydrogen) atoms. The Hall–Kier alpha value is -3.82. The number of hydrogen-bond donors (Lipinski definition) is 2. The van der Waals surface area contributed by atoms with Crippen LogP contribution >= 0.6 is 0 Å². The first-order valence-electron chi connectivity index (χ1n) is 7.35. The van der Waals surface area contributed by atoms with Crippen molar-refractivity contribution in [3.8, 4) is 0 Å². The average Bonchev–Trinajstić information content (AvgIpc) is 2.62. The van der Waals surface area contributed by atoms with Crippen molar-refractivity contribution in [2.45, 2.75) is 6.42 Å². The highest BCUT2D eigenvalue weighted by molar-refractivity contribution is 6.07. The van der Waals surface area contributed by atoms with Crippen LogP contribution in [0.15, 0.2) is 42.5 Å². The van der Waals surface area contributed by atoms with Gasteiger partial charge in [-0.05, 0) is 23.8 Å². The zero-order valence-corrected chi connectivity index (χ0v) is 13.6. The predicted octanol–water partition coefficient (Wildman–Crippen LogP) is 2.04. The number of rotatable bonds is 6. The number of anilines is 1. The third-order valence-electron chi connectivity index (χ3n) is 3.49. The molecule has 0 aliphatic heterocycles. The Morgan fingerprint density at radius 1 is 1.00 bits per heavy atom. The van der Waals surface area contributed by atoms with Crippen LogP contribution in [0.3, 0.4) is 0 Å². The molecular weight excluding hydrogens is 344 g/mol. The largest absolute Gasteiger partial charge is 0.359 e. The Morgan fingerprint density at radius 3 is 2.19 bits per heavy atom. The van der Waals surface area contributed by atoms with Gasteiger partial charge in [-0.3, -0.25) is 29.8 Å². The van der Waals surface area contributed by atoms with Gasteiger partial charge in [-0.2, -0.15) is 0 Å². The lowest BCUT2D eigenvalue weighted by Crippen LogP contribution is -2.19. The fourth-order valence-electron chi connectivity index (χ4n) is 2.15. The summed E-state index contributed by atoms with van der Waals surface area (Å²) in [6.45, 7) is 0. The predicted molar refractivity (Wildman–Crippen MR) is 91.9 cm³/mol. The minimum Gasteiger partial charge on any atom is -0.359 e. The number of non-ortho nitro benzene ring substituents is 1. The topological polar surface area (TPSA) is 144 Å². The van der Waals surface area contributed by atoms with Crippen LogP contribution in [0.25, 0.3) is 0 Å². The van der Waals surface area contributed by atoms with Crippen molar-refractivity contribution >= 4 is 28.9 Å². The molecule has 2 amide bonds. The Bertz CT molecular complexity index is 879. The van der Waals surface area contributed by atoms with Crippen molar-refractivity contribution in [1.29, 1.82) is 0 Å². The second-order valence-corrected chi connectivity index (χ2v) is 5.22. The smallest absolute Gasteiger partial charge is 0.289 e. The minimum absolute atomic E-state index is 0.164. The second kappa shape index (κ2) is 7.83. The lowest BCUT2D eigenvalue weighted by molar-refractivity contribution is -0.394. The highest BCUT2D eigenvalue weighted by Gasteiger charge is 2.24. The van der Waals surface area contributed by atoms with E-state index in [2.05, 4.69) is 10.6 Å². The summed E-state index contributed by atoms with van der Waals surface area (Å²) in [4.78, 5) is 43.8. The normalized spacial score (nSPS) is 10.0. The molecular formula is C16H14N4O6. The van der Waals surface area contributed by atoms with Crippen LogP contribution in [0.5, 0.6) is 0 Å². The molecule has 0 aliphatic rings. The quantitative estimate of drug-likeness (QED) is 0.597. The molecule has 0 spiro atoms. The highest BCUT2D eigenvalue weighted by atomic mass is 16.6. The van der Waals surface area contributed by atoms with E-state index in [1.807, 2.05) is 0 Å². The molecule has 0 atom stereocenters. The molecule has 2 aromatic rings. The molecule has 2 rings (SSSR count). The number of nitrogens with zero attached hydrogens (tertiary/aromatic N) is 2. The third-order valence-corrected chi connectivity index (χ3v) is 3.49. The van der Waals surface area contributed by atoms with E-state index in [1.165, 1.54) is 7.05 Å². The maximum atomic E-state index is 12.3. The summed E-state index contributed by atoms with van der Waals surface area (Å²) in [5, 5.41) is 26.8. The maximum absolute atomic E-state index is 12.3. The van der Waals surface area contributed by atoms with Gasteiger partial charge in [-0.15, -0.1) is 0 Å². The monoisotopic (exact) mass is 358 g/mol. The summed E-state index contributed by atoms with van der Waals surface area (Å²) in [6.07, 6.45) is 0.179. The van der Waals surface area contributed by atoms with Crippen molar-refractivity contribution in [1.82, 2.24) is 5.32 Å². The van der Waals surface area contributed by atoms with Crippen LogP contribution in [0.1, 0.15) is 15.9 Å². The summed E-state index contributed by atoms with van der Waals surface area (Å²) >= 11 is 0. The third kappa shape index (κ3) is 4.38. The van der Waals surface area contributed by atoms with Gasteiger partial charge in [-0.25, -0.2) is 0 Å². The first-order chi connectivity index (χ1) is 12.3. The highest BCUT2D eigenvalue weighted by Crippen LogP contribution is 2.25. The molecule has 0 bridgehead atoms. The molecule has 0 fully saturated rings. The summed E-state index contributed by atoms with van der Waals surface area (Å²) in [5.74, 6) is -0.936. The molecule has 0 saturated carbocycles. The number of nitro groups is 2. The molecule has 10 nitrogen and oxygen atoms in total. The van der Waals surface area contributed by atoms with Crippen molar-refractivity contribution in [3.63, 3.8) is 0 Å². The Balaban J connectivity index is 2.20. The number of carbonyl (C=O) groups is 2. The number of benzene rings is 2. The van der Waals surface area contributed by atoms with E-state index in [0.717, 1.165) is 23.8 Å². The van der Waals surface area contributed by atoms with Gasteiger partial charge in [0.2, 0.25) is 5.91 Å². The number of likely N-dealkylation sites (N-methyl/N-ethyl adjacent to an activating group) is 1. The SMILES string of the molecule is CNC(=O)Cc1ccc(NC(=O)c2ccc([N+](=O)[O-])cc2[N+](=O)[O-])cc1. The van der Waals surface area contributed by atoms with Gasteiger partial charge in [0, 0.05) is 18.8 Å². The molecule has 134 valence electrons. The molecule has 0 aromatic heterocycles. The fraction of sp³-hybridized carbons (Fsp3) is 0.125. The van der Waals surface area contributed by atoms with Gasteiger partial charge in [0.1, 0.15) is 5.56 Å². The van der Waals surface area contributed by atoms with Crippen molar-refractivity contribution in [2.75, 3.05) is 12.4 Å². The van der Waals surface area contributed by atoms with Gasteiger partial charge in [0.25, 0.3) is 17.3 Å². The van der Waals surface area contributed by atoms with Gasteiger partial charge < -0.3 is 10.6 Å². The lowest BCUT2D eigenvalue weighted by atomic mass is 10.1. The van der Waals surface area contributed by atoms with Gasteiger partial charge in [0.05, 0.1) is 22.3 Å². The molecule has 0 radical (unpaired) electrons. The first kappa shape index (κ1) is 18.5. The minimum atomic E-state index is -0.853. The Kier molecular flexibility index (Phi) is 5.58. The zero-order chi connectivity index (χ0) is 19.3. The number of amides is 2. The molecule has 2 N–H and O–H groups in total. The number of nitrogens with one attached hydrogen (secondary N) is 2. The standard InChI is InChI=1S/C16H14N4O6/c1-17-15(21)8-10-2-4-11(5-3-10)18-16(22)13-7-6-12(19(23)24)9-14(13)20(25)26/h2-7,9H,8H2,1H3,(H,17,21)(H,18,22). The van der Waals surface area contributed by atoms with Gasteiger partial charge >= 0.3 is 0 Å². The van der Waals surface area contributed by atoms with Crippen molar-refractivity contribution < 1.29 is 19.4 Å². The number of hydrogen-bond acceptors (Lipinski definition) is 6. The van der Waals surface area contributed by atoms with Crippen molar-refractivity contribution in [2.24, 2.45) is 0 Å². The summed E-state index contributed by atoms with van der Waals surface area (Å²) in [5.41, 5.74) is -0.346. The molecule has 0 aliphatic carbocycles. The lowest BCUT2D eigenvalue weighted by Gasteiger charge is -2.07. The van der Waals surface area contributed by atoms with Crippen molar-refractivity contribution in [3.05, 3.63) is 73.8 Å². The first-order valence-corrected chi connectivity index (χ1v) is 7.35. The van der Waals surface area contributed by atoms with E-state index >= 15 is 0 Å². The second-order valence-electron chi connectivity index (χ2n) is 5.22. The van der Waals surface area contributed by atoms with E-state index in [-0.39, 0.29) is 17.9 Å². The zero-order valence-electron chi connectivity index (χ0n) is 13.6. The molecule has 0 heterocycles. The fourth-order valence-corrected chi connectivity index (χ4v) is 2.15. The Morgan fingerprint density at radius 2 is 1.65 bits per heavy atom. The summed E-state index contributed by atoms with van der Waals surface area (Å²) in [6, 6.07) is 9.16. The van der Waals surface area contributed by atoms with Crippen LogP contribution in [0, 0.1) is 20.2 Å². The molecule has 0 unspecified atom stereocenters. The molecule has 2 aromatic carbocycles. The van der Waals surface area contributed by atoms with Gasteiger partial charge in [-0.1, -0.05) is 12.1 Å². The molecule has 10 heteroatoms. The van der Waals surface area contributed by atoms with E-state index in [1.54, 1.807) is 24.3 Å². The Labute approximate surface area is 147 Å². The van der Waals surface area contributed by atoms with E-state index in [0.29, 0.717) is 5.69 Å². The van der Waals surface area contributed by atoms with Crippen LogP contribution in [0.4, 0.5) is 17.1 Å². The van der Waals surface area contributed by atoms with E-state index in [4.69, 9.17) is 0 Å². The van der Waals surface area contributed by atoms with Gasteiger partial charge in [0.15, 0.2) is 0 Å². The maximum Gasteiger partial charge on any atom is 0.289 e.